The fraction of sp³-hybridized carbons (Fsp3) is 0. The van der Waals surface area contributed by atoms with Gasteiger partial charge in [0.15, 0.2) is 0 Å². The van der Waals surface area contributed by atoms with Crippen molar-refractivity contribution in [1.82, 2.24) is 5.43 Å². The van der Waals surface area contributed by atoms with Crippen molar-refractivity contribution in [2.45, 2.75) is 0 Å². The van der Waals surface area contributed by atoms with Gasteiger partial charge in [-0.3, -0.25) is 4.79 Å². The summed E-state index contributed by atoms with van der Waals surface area (Å²) in [5.41, 5.74) is 5.74. The molecule has 0 radical (unpaired) electrons. The van der Waals surface area contributed by atoms with Crippen LogP contribution in [-0.4, -0.2) is 17.2 Å². The Labute approximate surface area is 162 Å². The van der Waals surface area contributed by atoms with Crippen LogP contribution in [0.3, 0.4) is 0 Å². The predicted octanol–water partition coefficient (Wildman–Crippen LogP) is 4.98. The molecule has 0 atom stereocenters. The van der Waals surface area contributed by atoms with Crippen LogP contribution in [-0.2, 0) is 0 Å². The Kier molecular flexibility index (Phi) is 4.85. The zero-order valence-electron chi connectivity index (χ0n) is 15.0. The average molecular weight is 366 g/mol. The second-order valence-corrected chi connectivity index (χ2v) is 6.36. The molecule has 28 heavy (non-hydrogen) atoms. The molecule has 0 aliphatic rings. The van der Waals surface area contributed by atoms with Gasteiger partial charge in [-0.2, -0.15) is 5.10 Å². The summed E-state index contributed by atoms with van der Waals surface area (Å²) in [4.78, 5) is 12.3. The highest BCUT2D eigenvalue weighted by molar-refractivity contribution is 6.03. The molecule has 0 bridgehead atoms. The van der Waals surface area contributed by atoms with Crippen molar-refractivity contribution in [2.24, 2.45) is 5.10 Å². The number of rotatable bonds is 4. The summed E-state index contributed by atoms with van der Waals surface area (Å²) in [6.07, 6.45) is 1.47. The van der Waals surface area contributed by atoms with E-state index in [2.05, 4.69) is 10.5 Å². The van der Waals surface area contributed by atoms with Gasteiger partial charge in [0, 0.05) is 11.1 Å². The first-order chi connectivity index (χ1) is 13.7. The molecule has 136 valence electrons. The Morgan fingerprint density at radius 1 is 0.786 bits per heavy atom. The molecule has 4 aromatic rings. The van der Waals surface area contributed by atoms with Crippen LogP contribution in [0.5, 0.6) is 5.75 Å². The third kappa shape index (κ3) is 3.62. The van der Waals surface area contributed by atoms with Crippen LogP contribution in [0.2, 0.25) is 0 Å². The number of amides is 1. The molecule has 0 spiro atoms. The fourth-order valence-corrected chi connectivity index (χ4v) is 3.08. The standard InChI is InChI=1S/C24H18N2O2/c27-23-15-14-19-8-4-5-9-21(19)22(23)16-25-26-24(28)20-12-10-18(11-13-20)17-6-2-1-3-7-17/h1-16,27H,(H,26,28)/b25-16+. The van der Waals surface area contributed by atoms with E-state index in [-0.39, 0.29) is 11.7 Å². The Bertz CT molecular complexity index is 1150. The van der Waals surface area contributed by atoms with Crippen molar-refractivity contribution < 1.29 is 9.90 Å². The van der Waals surface area contributed by atoms with E-state index < -0.39 is 0 Å². The summed E-state index contributed by atoms with van der Waals surface area (Å²) in [5.74, 6) is -0.195. The van der Waals surface area contributed by atoms with Gasteiger partial charge in [-0.05, 0) is 40.1 Å². The van der Waals surface area contributed by atoms with Crippen LogP contribution in [0.1, 0.15) is 15.9 Å². The van der Waals surface area contributed by atoms with Crippen LogP contribution < -0.4 is 5.43 Å². The van der Waals surface area contributed by atoms with Crippen molar-refractivity contribution in [3.63, 3.8) is 0 Å². The van der Waals surface area contributed by atoms with E-state index in [9.17, 15) is 9.90 Å². The monoisotopic (exact) mass is 366 g/mol. The van der Waals surface area contributed by atoms with Gasteiger partial charge in [0.25, 0.3) is 5.91 Å². The van der Waals surface area contributed by atoms with E-state index in [1.165, 1.54) is 6.21 Å². The summed E-state index contributed by atoms with van der Waals surface area (Å²) < 4.78 is 0. The molecule has 0 heterocycles. The largest absolute Gasteiger partial charge is 0.507 e. The van der Waals surface area contributed by atoms with Gasteiger partial charge in [0.2, 0.25) is 0 Å². The van der Waals surface area contributed by atoms with Crippen LogP contribution in [0.4, 0.5) is 0 Å². The minimum Gasteiger partial charge on any atom is -0.507 e. The highest BCUT2D eigenvalue weighted by Gasteiger charge is 2.07. The Morgan fingerprint density at radius 3 is 2.25 bits per heavy atom. The lowest BCUT2D eigenvalue weighted by Gasteiger charge is -2.05. The van der Waals surface area contributed by atoms with E-state index >= 15 is 0 Å². The predicted molar refractivity (Wildman–Crippen MR) is 113 cm³/mol. The van der Waals surface area contributed by atoms with Crippen molar-refractivity contribution in [3.05, 3.63) is 102 Å². The van der Waals surface area contributed by atoms with Crippen molar-refractivity contribution in [3.8, 4) is 16.9 Å². The molecule has 0 aromatic heterocycles. The lowest BCUT2D eigenvalue weighted by molar-refractivity contribution is 0.0955. The molecule has 2 N–H and O–H groups in total. The van der Waals surface area contributed by atoms with Crippen molar-refractivity contribution in [2.75, 3.05) is 0 Å². The summed E-state index contributed by atoms with van der Waals surface area (Å²) in [7, 11) is 0. The van der Waals surface area contributed by atoms with Crippen LogP contribution in [0, 0.1) is 0 Å². The highest BCUT2D eigenvalue weighted by Crippen LogP contribution is 2.25. The first-order valence-corrected chi connectivity index (χ1v) is 8.92. The van der Waals surface area contributed by atoms with E-state index in [0.717, 1.165) is 21.9 Å². The molecule has 1 amide bonds. The zero-order chi connectivity index (χ0) is 19.3. The van der Waals surface area contributed by atoms with E-state index in [1.54, 1.807) is 18.2 Å². The van der Waals surface area contributed by atoms with Gasteiger partial charge >= 0.3 is 0 Å². The number of hydrogen-bond acceptors (Lipinski definition) is 3. The number of nitrogens with one attached hydrogen (secondary N) is 1. The number of fused-ring (bicyclic) bond motifs is 1. The summed E-state index contributed by atoms with van der Waals surface area (Å²) in [5, 5.41) is 16.0. The molecule has 0 saturated carbocycles. The molecule has 4 heteroatoms. The second kappa shape index (κ2) is 7.76. The first kappa shape index (κ1) is 17.5. The molecule has 4 nitrogen and oxygen atoms in total. The Balaban J connectivity index is 1.50. The number of benzene rings is 4. The molecule has 0 unspecified atom stereocenters. The third-order valence-corrected chi connectivity index (χ3v) is 4.56. The van der Waals surface area contributed by atoms with E-state index in [1.807, 2.05) is 72.8 Å². The molecule has 0 aliphatic carbocycles. The molecular weight excluding hydrogens is 348 g/mol. The van der Waals surface area contributed by atoms with Gasteiger partial charge in [0.05, 0.1) is 6.21 Å². The van der Waals surface area contributed by atoms with Gasteiger partial charge in [-0.1, -0.05) is 72.8 Å². The van der Waals surface area contributed by atoms with Crippen LogP contribution in [0.25, 0.3) is 21.9 Å². The number of nitrogens with zero attached hydrogens (tertiary/aromatic N) is 1. The first-order valence-electron chi connectivity index (χ1n) is 8.92. The van der Waals surface area contributed by atoms with E-state index in [0.29, 0.717) is 11.1 Å². The molecular formula is C24H18N2O2. The number of phenols is 1. The summed E-state index contributed by atoms with van der Waals surface area (Å²) >= 11 is 0. The number of aromatic hydroxyl groups is 1. The number of carbonyl (C=O) groups is 1. The van der Waals surface area contributed by atoms with Gasteiger partial charge < -0.3 is 5.11 Å². The molecule has 0 aliphatic heterocycles. The average Bonchev–Trinajstić information content (AvgIpc) is 2.76. The highest BCUT2D eigenvalue weighted by atomic mass is 16.3. The number of hydrogen-bond donors (Lipinski definition) is 2. The molecule has 4 rings (SSSR count). The van der Waals surface area contributed by atoms with E-state index in [4.69, 9.17) is 0 Å². The summed E-state index contributed by atoms with van der Waals surface area (Å²) in [6, 6.07) is 28.5. The van der Waals surface area contributed by atoms with Gasteiger partial charge in [-0.25, -0.2) is 5.43 Å². The topological polar surface area (TPSA) is 61.7 Å². The smallest absolute Gasteiger partial charge is 0.271 e. The van der Waals surface area contributed by atoms with Gasteiger partial charge in [-0.15, -0.1) is 0 Å². The Hall–Kier alpha value is -3.92. The SMILES string of the molecule is O=C(N/N=C/c1c(O)ccc2ccccc12)c1ccc(-c2ccccc2)cc1. The maximum Gasteiger partial charge on any atom is 0.271 e. The minimum absolute atomic E-state index is 0.115. The van der Waals surface area contributed by atoms with Crippen LogP contribution >= 0.6 is 0 Å². The van der Waals surface area contributed by atoms with Crippen molar-refractivity contribution >= 4 is 22.9 Å². The minimum atomic E-state index is -0.310. The molecule has 4 aromatic carbocycles. The molecule has 0 saturated heterocycles. The maximum atomic E-state index is 12.3. The fourth-order valence-electron chi connectivity index (χ4n) is 3.08. The Morgan fingerprint density at radius 2 is 1.46 bits per heavy atom. The number of phenolic OH excluding ortho intramolecular Hbond substituents is 1. The summed E-state index contributed by atoms with van der Waals surface area (Å²) in [6.45, 7) is 0. The second-order valence-electron chi connectivity index (χ2n) is 6.36. The third-order valence-electron chi connectivity index (χ3n) is 4.56. The number of carbonyl (C=O) groups excluding carboxylic acids is 1. The normalized spacial score (nSPS) is 11.0. The number of hydrazone groups is 1. The van der Waals surface area contributed by atoms with Crippen molar-refractivity contribution in [1.29, 1.82) is 0 Å². The maximum absolute atomic E-state index is 12.3. The van der Waals surface area contributed by atoms with Crippen LogP contribution in [0.15, 0.2) is 96.1 Å². The zero-order valence-corrected chi connectivity index (χ0v) is 15.0. The quantitative estimate of drug-likeness (QED) is 0.395. The lowest BCUT2D eigenvalue weighted by Crippen LogP contribution is -2.17. The lowest BCUT2D eigenvalue weighted by atomic mass is 10.0. The molecule has 0 fully saturated rings. The van der Waals surface area contributed by atoms with Gasteiger partial charge in [0.1, 0.15) is 5.75 Å².